The zero-order valence-corrected chi connectivity index (χ0v) is 10.5. The lowest BCUT2D eigenvalue weighted by Crippen LogP contribution is -1.92. The second kappa shape index (κ2) is 4.52. The number of nitrogens with zero attached hydrogens (tertiary/aromatic N) is 3. The van der Waals surface area contributed by atoms with E-state index in [0.29, 0.717) is 5.56 Å². The molecule has 17 heavy (non-hydrogen) atoms. The molecule has 0 saturated carbocycles. The van der Waals surface area contributed by atoms with Crippen molar-refractivity contribution in [1.82, 2.24) is 9.78 Å². The summed E-state index contributed by atoms with van der Waals surface area (Å²) in [5.41, 5.74) is 7.75. The third kappa shape index (κ3) is 2.27. The molecule has 1 aromatic carbocycles. The number of hydrogen-bond acceptors (Lipinski definition) is 4. The Morgan fingerprint density at radius 2 is 2.00 bits per heavy atom. The quantitative estimate of drug-likeness (QED) is 0.823. The Morgan fingerprint density at radius 1 is 1.35 bits per heavy atom. The van der Waals surface area contributed by atoms with Crippen LogP contribution in [0.1, 0.15) is 11.3 Å². The minimum atomic E-state index is 0.634. The number of aryl methyl sites for hydroxylation is 2. The fraction of sp³-hybridized carbons (Fsp3) is 0.167. The monoisotopic (exact) mass is 244 g/mol. The molecule has 1 aromatic heterocycles. The number of rotatable bonds is 2. The molecular formula is C12H12N4S. The van der Waals surface area contributed by atoms with Crippen LogP contribution in [-0.2, 0) is 7.05 Å². The SMILES string of the molecule is Cc1nn(C)c(Sc2ccc(N)cc2)c1C#N. The van der Waals surface area contributed by atoms with Gasteiger partial charge in [0.05, 0.1) is 5.69 Å². The fourth-order valence-corrected chi connectivity index (χ4v) is 2.49. The summed E-state index contributed by atoms with van der Waals surface area (Å²) in [5.74, 6) is 0. The molecule has 2 aromatic rings. The van der Waals surface area contributed by atoms with Crippen LogP contribution in [0.15, 0.2) is 34.2 Å². The molecule has 0 aliphatic heterocycles. The van der Waals surface area contributed by atoms with Crippen LogP contribution in [0, 0.1) is 18.3 Å². The van der Waals surface area contributed by atoms with Crippen molar-refractivity contribution in [3.8, 4) is 6.07 Å². The van der Waals surface area contributed by atoms with Crippen molar-refractivity contribution in [2.24, 2.45) is 7.05 Å². The molecule has 0 atom stereocenters. The molecule has 0 aliphatic rings. The van der Waals surface area contributed by atoms with Crippen molar-refractivity contribution in [3.05, 3.63) is 35.5 Å². The Hall–Kier alpha value is -1.93. The zero-order valence-electron chi connectivity index (χ0n) is 9.64. The summed E-state index contributed by atoms with van der Waals surface area (Å²) in [6.07, 6.45) is 0. The van der Waals surface area contributed by atoms with Gasteiger partial charge in [0.1, 0.15) is 16.7 Å². The van der Waals surface area contributed by atoms with Crippen molar-refractivity contribution in [1.29, 1.82) is 5.26 Å². The number of hydrogen-bond donors (Lipinski definition) is 1. The van der Waals surface area contributed by atoms with E-state index in [0.717, 1.165) is 21.3 Å². The van der Waals surface area contributed by atoms with E-state index in [1.807, 2.05) is 38.2 Å². The second-order valence-corrected chi connectivity index (χ2v) is 4.73. The van der Waals surface area contributed by atoms with Crippen molar-refractivity contribution >= 4 is 17.4 Å². The van der Waals surface area contributed by atoms with E-state index >= 15 is 0 Å². The van der Waals surface area contributed by atoms with Crippen molar-refractivity contribution < 1.29 is 0 Å². The van der Waals surface area contributed by atoms with Gasteiger partial charge in [-0.2, -0.15) is 10.4 Å². The molecular weight excluding hydrogens is 232 g/mol. The number of anilines is 1. The first-order chi connectivity index (χ1) is 8.11. The Labute approximate surface area is 104 Å². The molecule has 5 heteroatoms. The predicted molar refractivity (Wildman–Crippen MR) is 67.6 cm³/mol. The van der Waals surface area contributed by atoms with Gasteiger partial charge in [-0.05, 0) is 31.2 Å². The number of nitrogen functional groups attached to an aromatic ring is 1. The zero-order chi connectivity index (χ0) is 12.4. The first kappa shape index (κ1) is 11.6. The highest BCUT2D eigenvalue weighted by Gasteiger charge is 2.13. The maximum atomic E-state index is 9.10. The van der Waals surface area contributed by atoms with E-state index in [9.17, 15) is 0 Å². The Bertz CT molecular complexity index is 578. The molecule has 0 amide bonds. The van der Waals surface area contributed by atoms with E-state index in [-0.39, 0.29) is 0 Å². The van der Waals surface area contributed by atoms with Gasteiger partial charge in [-0.3, -0.25) is 4.68 Å². The summed E-state index contributed by atoms with van der Waals surface area (Å²) in [4.78, 5) is 1.04. The highest BCUT2D eigenvalue weighted by molar-refractivity contribution is 7.99. The minimum Gasteiger partial charge on any atom is -0.399 e. The van der Waals surface area contributed by atoms with Gasteiger partial charge < -0.3 is 5.73 Å². The largest absolute Gasteiger partial charge is 0.399 e. The first-order valence-corrected chi connectivity index (χ1v) is 5.90. The topological polar surface area (TPSA) is 67.6 Å². The molecule has 2 rings (SSSR count). The van der Waals surface area contributed by atoms with E-state index in [1.165, 1.54) is 11.8 Å². The third-order valence-corrected chi connectivity index (χ3v) is 3.55. The van der Waals surface area contributed by atoms with E-state index in [2.05, 4.69) is 11.2 Å². The predicted octanol–water partition coefficient (Wildman–Crippen LogP) is 2.33. The van der Waals surface area contributed by atoms with Gasteiger partial charge in [0.15, 0.2) is 0 Å². The smallest absolute Gasteiger partial charge is 0.117 e. The Morgan fingerprint density at radius 3 is 2.59 bits per heavy atom. The molecule has 86 valence electrons. The highest BCUT2D eigenvalue weighted by atomic mass is 32.2. The van der Waals surface area contributed by atoms with Crippen molar-refractivity contribution in [2.75, 3.05) is 5.73 Å². The van der Waals surface area contributed by atoms with E-state index in [1.54, 1.807) is 4.68 Å². The molecule has 0 fully saturated rings. The van der Waals surface area contributed by atoms with E-state index in [4.69, 9.17) is 11.0 Å². The normalized spacial score (nSPS) is 10.2. The maximum absolute atomic E-state index is 9.10. The lowest BCUT2D eigenvalue weighted by Gasteiger charge is -2.02. The van der Waals surface area contributed by atoms with Crippen LogP contribution in [0.25, 0.3) is 0 Å². The fourth-order valence-electron chi connectivity index (χ4n) is 1.53. The molecule has 0 aliphatic carbocycles. The number of aromatic nitrogens is 2. The van der Waals surface area contributed by atoms with Gasteiger partial charge in [0.2, 0.25) is 0 Å². The van der Waals surface area contributed by atoms with Crippen LogP contribution < -0.4 is 5.73 Å². The van der Waals surface area contributed by atoms with Crippen molar-refractivity contribution in [3.63, 3.8) is 0 Å². The van der Waals surface area contributed by atoms with Crippen LogP contribution >= 0.6 is 11.8 Å². The molecule has 0 unspecified atom stereocenters. The summed E-state index contributed by atoms with van der Waals surface area (Å²) < 4.78 is 1.73. The van der Waals surface area contributed by atoms with Crippen LogP contribution in [0.5, 0.6) is 0 Å². The molecule has 1 heterocycles. The van der Waals surface area contributed by atoms with Gasteiger partial charge in [0, 0.05) is 17.6 Å². The molecule has 2 N–H and O–H groups in total. The summed E-state index contributed by atoms with van der Waals surface area (Å²) in [6.45, 7) is 1.84. The summed E-state index contributed by atoms with van der Waals surface area (Å²) >= 11 is 1.52. The van der Waals surface area contributed by atoms with Gasteiger partial charge in [-0.15, -0.1) is 0 Å². The number of nitriles is 1. The first-order valence-electron chi connectivity index (χ1n) is 5.09. The lowest BCUT2D eigenvalue weighted by molar-refractivity contribution is 0.692. The molecule has 4 nitrogen and oxygen atoms in total. The number of nitrogens with two attached hydrogens (primary N) is 1. The summed E-state index contributed by atoms with van der Waals surface area (Å²) in [6, 6.07) is 9.75. The van der Waals surface area contributed by atoms with E-state index < -0.39 is 0 Å². The lowest BCUT2D eigenvalue weighted by atomic mass is 10.3. The average molecular weight is 244 g/mol. The Kier molecular flexibility index (Phi) is 3.07. The van der Waals surface area contributed by atoms with Gasteiger partial charge in [0.25, 0.3) is 0 Å². The summed E-state index contributed by atoms with van der Waals surface area (Å²) in [7, 11) is 1.84. The van der Waals surface area contributed by atoms with Crippen LogP contribution in [0.2, 0.25) is 0 Å². The van der Waals surface area contributed by atoms with Gasteiger partial charge in [-0.25, -0.2) is 0 Å². The Balaban J connectivity index is 2.36. The summed E-state index contributed by atoms with van der Waals surface area (Å²) in [5, 5.41) is 14.2. The third-order valence-electron chi connectivity index (χ3n) is 2.38. The van der Waals surface area contributed by atoms with Crippen LogP contribution in [0.3, 0.4) is 0 Å². The van der Waals surface area contributed by atoms with Gasteiger partial charge >= 0.3 is 0 Å². The molecule has 0 radical (unpaired) electrons. The standard InChI is InChI=1S/C12H12N4S/c1-8-11(7-13)12(16(2)15-8)17-10-5-3-9(14)4-6-10/h3-6H,14H2,1-2H3. The highest BCUT2D eigenvalue weighted by Crippen LogP contribution is 2.31. The van der Waals surface area contributed by atoms with Crippen LogP contribution in [0.4, 0.5) is 5.69 Å². The average Bonchev–Trinajstić information content (AvgIpc) is 2.57. The maximum Gasteiger partial charge on any atom is 0.117 e. The van der Waals surface area contributed by atoms with Crippen molar-refractivity contribution in [2.45, 2.75) is 16.8 Å². The minimum absolute atomic E-state index is 0.634. The van der Waals surface area contributed by atoms with Gasteiger partial charge in [-0.1, -0.05) is 11.8 Å². The molecule has 0 spiro atoms. The molecule has 0 bridgehead atoms. The second-order valence-electron chi connectivity index (χ2n) is 3.67. The number of benzene rings is 1. The van der Waals surface area contributed by atoms with Crippen LogP contribution in [-0.4, -0.2) is 9.78 Å². The molecule has 0 saturated heterocycles.